The molecule has 0 bridgehead atoms. The number of benzene rings is 1. The van der Waals surface area contributed by atoms with Crippen molar-refractivity contribution in [3.63, 3.8) is 0 Å². The number of nitrogens with zero attached hydrogens (tertiary/aromatic N) is 4. The zero-order valence-electron chi connectivity index (χ0n) is 10.6. The maximum atomic E-state index is 10.8. The van der Waals surface area contributed by atoms with Crippen LogP contribution in [0.2, 0.25) is 0 Å². The molecule has 0 unspecified atom stereocenters. The van der Waals surface area contributed by atoms with E-state index in [2.05, 4.69) is 15.6 Å². The first-order chi connectivity index (χ1) is 9.18. The third-order valence-electron chi connectivity index (χ3n) is 2.92. The van der Waals surface area contributed by atoms with Crippen LogP contribution in [-0.4, -0.2) is 26.5 Å². The molecule has 0 saturated heterocycles. The molecule has 0 aliphatic heterocycles. The van der Waals surface area contributed by atoms with Crippen molar-refractivity contribution in [3.8, 4) is 0 Å². The van der Waals surface area contributed by atoms with E-state index in [0.29, 0.717) is 18.7 Å². The molecular formula is C12H15N5O2. The van der Waals surface area contributed by atoms with Crippen molar-refractivity contribution in [1.29, 1.82) is 0 Å². The molecule has 19 heavy (non-hydrogen) atoms. The SMILES string of the molecule is Cc1c(CNCCn2ccnn2)cccc1[N+](=O)[O-]. The standard InChI is InChI=1S/C12H15N5O2/c1-10-11(3-2-4-12(10)17(18)19)9-13-5-7-16-8-6-14-15-16/h2-4,6,8,13H,5,7,9H2,1H3. The van der Waals surface area contributed by atoms with Crippen molar-refractivity contribution in [2.75, 3.05) is 6.54 Å². The summed E-state index contributed by atoms with van der Waals surface area (Å²) in [5.74, 6) is 0. The Kier molecular flexibility index (Phi) is 4.19. The molecule has 0 saturated carbocycles. The zero-order valence-corrected chi connectivity index (χ0v) is 10.6. The summed E-state index contributed by atoms with van der Waals surface area (Å²) in [5, 5.41) is 21.6. The lowest BCUT2D eigenvalue weighted by Crippen LogP contribution is -2.20. The lowest BCUT2D eigenvalue weighted by atomic mass is 10.1. The average Bonchev–Trinajstić information content (AvgIpc) is 2.89. The lowest BCUT2D eigenvalue weighted by molar-refractivity contribution is -0.385. The summed E-state index contributed by atoms with van der Waals surface area (Å²) < 4.78 is 1.73. The van der Waals surface area contributed by atoms with E-state index >= 15 is 0 Å². The highest BCUT2D eigenvalue weighted by Crippen LogP contribution is 2.20. The molecule has 0 spiro atoms. The number of hydrogen-bond acceptors (Lipinski definition) is 5. The number of aromatic nitrogens is 3. The van der Waals surface area contributed by atoms with Crippen LogP contribution < -0.4 is 5.32 Å². The van der Waals surface area contributed by atoms with Crippen LogP contribution in [0.5, 0.6) is 0 Å². The highest BCUT2D eigenvalue weighted by Gasteiger charge is 2.12. The van der Waals surface area contributed by atoms with Crippen LogP contribution in [0.3, 0.4) is 0 Å². The Bertz CT molecular complexity index is 553. The monoisotopic (exact) mass is 261 g/mol. The number of nitro groups is 1. The molecule has 1 heterocycles. The molecule has 0 amide bonds. The summed E-state index contributed by atoms with van der Waals surface area (Å²) in [4.78, 5) is 10.5. The summed E-state index contributed by atoms with van der Waals surface area (Å²) >= 11 is 0. The fourth-order valence-corrected chi connectivity index (χ4v) is 1.83. The van der Waals surface area contributed by atoms with Crippen molar-refractivity contribution in [2.24, 2.45) is 0 Å². The minimum atomic E-state index is -0.353. The molecule has 100 valence electrons. The van der Waals surface area contributed by atoms with Crippen LogP contribution >= 0.6 is 0 Å². The third kappa shape index (κ3) is 3.35. The van der Waals surface area contributed by atoms with Crippen LogP contribution in [0, 0.1) is 17.0 Å². The van der Waals surface area contributed by atoms with Crippen molar-refractivity contribution in [2.45, 2.75) is 20.0 Å². The van der Waals surface area contributed by atoms with Crippen molar-refractivity contribution >= 4 is 5.69 Å². The normalized spacial score (nSPS) is 10.6. The largest absolute Gasteiger partial charge is 0.311 e. The molecule has 0 radical (unpaired) electrons. The summed E-state index contributed by atoms with van der Waals surface area (Å²) in [6.07, 6.45) is 3.42. The van der Waals surface area contributed by atoms with Gasteiger partial charge in [-0.3, -0.25) is 14.8 Å². The second-order valence-corrected chi connectivity index (χ2v) is 4.16. The Morgan fingerprint density at radius 3 is 3.00 bits per heavy atom. The van der Waals surface area contributed by atoms with Gasteiger partial charge >= 0.3 is 0 Å². The van der Waals surface area contributed by atoms with E-state index in [0.717, 1.165) is 12.1 Å². The predicted molar refractivity (Wildman–Crippen MR) is 69.6 cm³/mol. The van der Waals surface area contributed by atoms with Gasteiger partial charge in [0.1, 0.15) is 0 Å². The Hall–Kier alpha value is -2.28. The first kappa shape index (κ1) is 13.2. The van der Waals surface area contributed by atoms with Crippen molar-refractivity contribution in [3.05, 3.63) is 51.8 Å². The van der Waals surface area contributed by atoms with Crippen LogP contribution in [0.25, 0.3) is 0 Å². The number of nitro benzene ring substituents is 1. The fraction of sp³-hybridized carbons (Fsp3) is 0.333. The number of rotatable bonds is 6. The molecule has 2 aromatic rings. The smallest absolute Gasteiger partial charge is 0.272 e. The predicted octanol–water partition coefficient (Wildman–Crippen LogP) is 1.28. The van der Waals surface area contributed by atoms with Crippen molar-refractivity contribution in [1.82, 2.24) is 20.3 Å². The van der Waals surface area contributed by atoms with Gasteiger partial charge in [-0.2, -0.15) is 0 Å². The quantitative estimate of drug-likeness (QED) is 0.481. The van der Waals surface area contributed by atoms with Crippen LogP contribution in [0.1, 0.15) is 11.1 Å². The van der Waals surface area contributed by atoms with E-state index in [1.807, 2.05) is 6.07 Å². The van der Waals surface area contributed by atoms with Gasteiger partial charge in [-0.05, 0) is 12.5 Å². The molecule has 0 fully saturated rings. The Balaban J connectivity index is 1.89. The van der Waals surface area contributed by atoms with Gasteiger partial charge in [-0.1, -0.05) is 17.3 Å². The molecule has 1 aromatic carbocycles. The van der Waals surface area contributed by atoms with Gasteiger partial charge in [0.05, 0.1) is 17.7 Å². The van der Waals surface area contributed by atoms with E-state index < -0.39 is 0 Å². The second kappa shape index (κ2) is 6.05. The van der Waals surface area contributed by atoms with Gasteiger partial charge in [-0.25, -0.2) is 0 Å². The van der Waals surface area contributed by atoms with Crippen LogP contribution in [-0.2, 0) is 13.1 Å². The molecule has 2 rings (SSSR count). The summed E-state index contributed by atoms with van der Waals surface area (Å²) in [6.45, 7) is 3.81. The molecule has 0 aliphatic rings. The van der Waals surface area contributed by atoms with Gasteiger partial charge in [0.15, 0.2) is 0 Å². The molecule has 0 atom stereocenters. The lowest BCUT2D eigenvalue weighted by Gasteiger charge is -2.08. The fourth-order valence-electron chi connectivity index (χ4n) is 1.83. The molecule has 7 nitrogen and oxygen atoms in total. The maximum Gasteiger partial charge on any atom is 0.272 e. The molecule has 0 aliphatic carbocycles. The Morgan fingerprint density at radius 1 is 1.47 bits per heavy atom. The van der Waals surface area contributed by atoms with Gasteiger partial charge in [0, 0.05) is 30.9 Å². The number of hydrogen-bond donors (Lipinski definition) is 1. The molecule has 1 aromatic heterocycles. The van der Waals surface area contributed by atoms with E-state index in [1.165, 1.54) is 6.07 Å². The van der Waals surface area contributed by atoms with E-state index in [9.17, 15) is 10.1 Å². The molecule has 7 heteroatoms. The van der Waals surface area contributed by atoms with E-state index in [4.69, 9.17) is 0 Å². The topological polar surface area (TPSA) is 85.9 Å². The third-order valence-corrected chi connectivity index (χ3v) is 2.92. The van der Waals surface area contributed by atoms with Crippen molar-refractivity contribution < 1.29 is 4.92 Å². The first-order valence-corrected chi connectivity index (χ1v) is 5.96. The summed E-state index contributed by atoms with van der Waals surface area (Å²) in [7, 11) is 0. The summed E-state index contributed by atoms with van der Waals surface area (Å²) in [6, 6.07) is 5.12. The Morgan fingerprint density at radius 2 is 2.32 bits per heavy atom. The zero-order chi connectivity index (χ0) is 13.7. The Labute approximate surface area is 110 Å². The minimum absolute atomic E-state index is 0.163. The van der Waals surface area contributed by atoms with Gasteiger partial charge in [-0.15, -0.1) is 5.10 Å². The maximum absolute atomic E-state index is 10.8. The molecular weight excluding hydrogens is 246 g/mol. The number of nitrogens with one attached hydrogen (secondary N) is 1. The highest BCUT2D eigenvalue weighted by molar-refractivity contribution is 5.44. The van der Waals surface area contributed by atoms with Gasteiger partial charge in [0.2, 0.25) is 0 Å². The average molecular weight is 261 g/mol. The minimum Gasteiger partial charge on any atom is -0.311 e. The first-order valence-electron chi connectivity index (χ1n) is 5.96. The molecule has 1 N–H and O–H groups in total. The highest BCUT2D eigenvalue weighted by atomic mass is 16.6. The summed E-state index contributed by atoms with van der Waals surface area (Å²) in [5.41, 5.74) is 1.81. The van der Waals surface area contributed by atoms with Gasteiger partial charge in [0.25, 0.3) is 5.69 Å². The van der Waals surface area contributed by atoms with Crippen LogP contribution in [0.4, 0.5) is 5.69 Å². The second-order valence-electron chi connectivity index (χ2n) is 4.16. The van der Waals surface area contributed by atoms with E-state index in [1.54, 1.807) is 30.1 Å². The van der Waals surface area contributed by atoms with Crippen LogP contribution in [0.15, 0.2) is 30.6 Å². The van der Waals surface area contributed by atoms with Gasteiger partial charge < -0.3 is 5.32 Å². The van der Waals surface area contributed by atoms with E-state index in [-0.39, 0.29) is 10.6 Å².